The molecule has 1 aliphatic rings. The van der Waals surface area contributed by atoms with Crippen LogP contribution in [0.15, 0.2) is 51.8 Å². The fourth-order valence-electron chi connectivity index (χ4n) is 2.18. The average Bonchev–Trinajstić information content (AvgIpc) is 2.50. The molecule has 124 valence electrons. The Morgan fingerprint density at radius 3 is 2.71 bits per heavy atom. The third-order valence-corrected chi connectivity index (χ3v) is 4.58. The number of anilines is 2. The molecule has 0 fully saturated rings. The fourth-order valence-corrected chi connectivity index (χ4v) is 3.33. The molecule has 0 unspecified atom stereocenters. The Labute approximate surface area is 136 Å². The van der Waals surface area contributed by atoms with Crippen LogP contribution < -0.4 is 10.6 Å². The summed E-state index contributed by atoms with van der Waals surface area (Å²) in [4.78, 5) is 12.0. The molecule has 24 heavy (non-hydrogen) atoms. The molecule has 1 aliphatic heterocycles. The number of halogens is 2. The molecule has 0 radical (unpaired) electrons. The van der Waals surface area contributed by atoms with E-state index >= 15 is 0 Å². The van der Waals surface area contributed by atoms with Crippen LogP contribution in [0.4, 0.5) is 20.2 Å². The maximum absolute atomic E-state index is 13.5. The van der Waals surface area contributed by atoms with Crippen molar-refractivity contribution in [1.29, 1.82) is 0 Å². The van der Waals surface area contributed by atoms with Crippen LogP contribution in [0.1, 0.15) is 6.42 Å². The number of hydrogen-bond donors (Lipinski definition) is 2. The van der Waals surface area contributed by atoms with Crippen LogP contribution in [0.3, 0.4) is 0 Å². The molecule has 0 saturated heterocycles. The smallest absolute Gasteiger partial charge is 0.286 e. The number of amidine groups is 1. The van der Waals surface area contributed by atoms with Crippen molar-refractivity contribution >= 4 is 33.1 Å². The molecular formula is C15H11F2N3O3S. The van der Waals surface area contributed by atoms with E-state index in [-0.39, 0.29) is 16.4 Å². The lowest BCUT2D eigenvalue weighted by atomic mass is 10.2. The van der Waals surface area contributed by atoms with Crippen molar-refractivity contribution in [3.8, 4) is 0 Å². The van der Waals surface area contributed by atoms with E-state index in [2.05, 4.69) is 15.0 Å². The lowest BCUT2D eigenvalue weighted by Gasteiger charge is -2.17. The number of carbonyl (C=O) groups is 1. The van der Waals surface area contributed by atoms with Crippen LogP contribution in [0.25, 0.3) is 0 Å². The number of para-hydroxylation sites is 1. The molecule has 0 bridgehead atoms. The molecule has 0 aromatic heterocycles. The van der Waals surface area contributed by atoms with E-state index in [1.165, 1.54) is 12.1 Å². The number of nitrogens with one attached hydrogen (secondary N) is 2. The monoisotopic (exact) mass is 351 g/mol. The van der Waals surface area contributed by atoms with Crippen molar-refractivity contribution in [1.82, 2.24) is 0 Å². The zero-order chi connectivity index (χ0) is 17.3. The van der Waals surface area contributed by atoms with Crippen molar-refractivity contribution in [2.45, 2.75) is 11.3 Å². The van der Waals surface area contributed by atoms with E-state index in [9.17, 15) is 22.0 Å². The summed E-state index contributed by atoms with van der Waals surface area (Å²) in [5, 5.41) is 4.92. The number of nitrogens with zero attached hydrogens (tertiary/aromatic N) is 1. The second-order valence-corrected chi connectivity index (χ2v) is 6.56. The van der Waals surface area contributed by atoms with Gasteiger partial charge in [-0.1, -0.05) is 12.1 Å². The second-order valence-electron chi connectivity index (χ2n) is 4.98. The zero-order valence-corrected chi connectivity index (χ0v) is 12.9. The molecule has 2 N–H and O–H groups in total. The first-order chi connectivity index (χ1) is 11.3. The van der Waals surface area contributed by atoms with Crippen molar-refractivity contribution in [3.05, 3.63) is 54.1 Å². The highest BCUT2D eigenvalue weighted by molar-refractivity contribution is 7.90. The predicted molar refractivity (Wildman–Crippen MR) is 84.3 cm³/mol. The van der Waals surface area contributed by atoms with E-state index < -0.39 is 34.0 Å². The van der Waals surface area contributed by atoms with E-state index in [1.807, 2.05) is 0 Å². The van der Waals surface area contributed by atoms with E-state index in [4.69, 9.17) is 0 Å². The standard InChI is InChI=1S/C15H11F2N3O3S/c16-9-5-6-10(17)12(7-9)19-15(21)8-14-18-11-3-1-2-4-13(11)24(22,23)20-14/h1-7H,8H2,(H,18,20)(H,19,21). The van der Waals surface area contributed by atoms with Gasteiger partial charge in [0.1, 0.15) is 22.4 Å². The van der Waals surface area contributed by atoms with Crippen molar-refractivity contribution in [3.63, 3.8) is 0 Å². The third-order valence-electron chi connectivity index (χ3n) is 3.20. The minimum absolute atomic E-state index is 0.00494. The highest BCUT2D eigenvalue weighted by atomic mass is 32.2. The summed E-state index contributed by atoms with van der Waals surface area (Å²) in [6.07, 6.45) is -0.441. The van der Waals surface area contributed by atoms with Gasteiger partial charge in [-0.05, 0) is 24.3 Å². The Bertz CT molecular complexity index is 958. The molecule has 0 spiro atoms. The number of fused-ring (bicyclic) bond motifs is 1. The van der Waals surface area contributed by atoms with E-state index in [1.54, 1.807) is 12.1 Å². The number of rotatable bonds is 3. The molecule has 1 amide bonds. The summed E-state index contributed by atoms with van der Waals surface area (Å²) >= 11 is 0. The minimum Gasteiger partial charge on any atom is -0.341 e. The van der Waals surface area contributed by atoms with Crippen LogP contribution in [0, 0.1) is 11.6 Å². The molecule has 0 aliphatic carbocycles. The van der Waals surface area contributed by atoms with Gasteiger partial charge >= 0.3 is 0 Å². The number of benzene rings is 2. The maximum Gasteiger partial charge on any atom is 0.286 e. The van der Waals surface area contributed by atoms with Gasteiger partial charge in [0.05, 0.1) is 17.8 Å². The summed E-state index contributed by atoms with van der Waals surface area (Å²) in [6, 6.07) is 8.73. The van der Waals surface area contributed by atoms with Gasteiger partial charge in [0.2, 0.25) is 5.91 Å². The number of hydrogen-bond acceptors (Lipinski definition) is 4. The molecular weight excluding hydrogens is 340 g/mol. The quantitative estimate of drug-likeness (QED) is 0.889. The van der Waals surface area contributed by atoms with Gasteiger partial charge in [0.25, 0.3) is 10.0 Å². The van der Waals surface area contributed by atoms with Gasteiger partial charge in [-0.3, -0.25) is 4.79 Å². The van der Waals surface area contributed by atoms with Crippen molar-refractivity contribution < 1.29 is 22.0 Å². The van der Waals surface area contributed by atoms with E-state index in [0.717, 1.165) is 18.2 Å². The highest BCUT2D eigenvalue weighted by Gasteiger charge is 2.25. The first kappa shape index (κ1) is 16.1. The fraction of sp³-hybridized carbons (Fsp3) is 0.0667. The number of amides is 1. The first-order valence-corrected chi connectivity index (χ1v) is 8.24. The molecule has 3 rings (SSSR count). The molecule has 0 saturated carbocycles. The molecule has 2 aromatic carbocycles. The summed E-state index contributed by atoms with van der Waals surface area (Å²) < 4.78 is 54.2. The van der Waals surface area contributed by atoms with Gasteiger partial charge in [0, 0.05) is 6.07 Å². The lowest BCUT2D eigenvalue weighted by molar-refractivity contribution is -0.115. The zero-order valence-electron chi connectivity index (χ0n) is 12.1. The van der Waals surface area contributed by atoms with Crippen molar-refractivity contribution in [2.75, 3.05) is 10.6 Å². The number of carbonyl (C=O) groups excluding carboxylic acids is 1. The third kappa shape index (κ3) is 3.25. The van der Waals surface area contributed by atoms with Gasteiger partial charge in [-0.2, -0.15) is 8.42 Å². The van der Waals surface area contributed by atoms with Crippen LogP contribution in [0.2, 0.25) is 0 Å². The summed E-state index contributed by atoms with van der Waals surface area (Å²) in [6.45, 7) is 0. The molecule has 1 heterocycles. The van der Waals surface area contributed by atoms with Crippen LogP contribution in [0.5, 0.6) is 0 Å². The van der Waals surface area contributed by atoms with E-state index in [0.29, 0.717) is 5.69 Å². The maximum atomic E-state index is 13.5. The second kappa shape index (κ2) is 6.00. The Kier molecular flexibility index (Phi) is 4.02. The van der Waals surface area contributed by atoms with Crippen LogP contribution in [-0.4, -0.2) is 20.2 Å². The lowest BCUT2D eigenvalue weighted by Crippen LogP contribution is -2.26. The normalized spacial score (nSPS) is 15.0. The van der Waals surface area contributed by atoms with Gasteiger partial charge < -0.3 is 10.6 Å². The number of sulfonamides is 1. The summed E-state index contributed by atoms with van der Waals surface area (Å²) in [7, 11) is -3.91. The Morgan fingerprint density at radius 2 is 1.92 bits per heavy atom. The average molecular weight is 351 g/mol. The Morgan fingerprint density at radius 1 is 1.17 bits per heavy atom. The Hall–Kier alpha value is -2.81. The van der Waals surface area contributed by atoms with Crippen LogP contribution in [-0.2, 0) is 14.8 Å². The molecule has 2 aromatic rings. The summed E-state index contributed by atoms with van der Waals surface area (Å²) in [5.74, 6) is -2.36. The SMILES string of the molecule is O=C(CC1=NS(=O)(=O)c2ccccc2N1)Nc1cc(F)ccc1F. The van der Waals surface area contributed by atoms with Crippen molar-refractivity contribution in [2.24, 2.45) is 4.40 Å². The van der Waals surface area contributed by atoms with Gasteiger partial charge in [-0.15, -0.1) is 4.40 Å². The highest BCUT2D eigenvalue weighted by Crippen LogP contribution is 2.27. The minimum atomic E-state index is -3.91. The van der Waals surface area contributed by atoms with Gasteiger partial charge in [-0.25, -0.2) is 8.78 Å². The largest absolute Gasteiger partial charge is 0.341 e. The van der Waals surface area contributed by atoms with Gasteiger partial charge in [0.15, 0.2) is 0 Å². The predicted octanol–water partition coefficient (Wildman–Crippen LogP) is 2.51. The Balaban J connectivity index is 1.78. The molecule has 0 atom stereocenters. The molecule has 9 heteroatoms. The summed E-state index contributed by atoms with van der Waals surface area (Å²) in [5.41, 5.74) is -0.0353. The van der Waals surface area contributed by atoms with Crippen LogP contribution >= 0.6 is 0 Å². The molecule has 6 nitrogen and oxygen atoms in total. The topological polar surface area (TPSA) is 87.6 Å². The first-order valence-electron chi connectivity index (χ1n) is 6.80.